The molecule has 0 bridgehead atoms. The number of hydrogen-bond acceptors (Lipinski definition) is 4. The number of thiazole rings is 1. The maximum atomic E-state index is 10.0. The van der Waals surface area contributed by atoms with E-state index in [1.165, 1.54) is 0 Å². The molecule has 90 valence electrons. The van der Waals surface area contributed by atoms with E-state index in [0.29, 0.717) is 13.0 Å². The molecule has 0 radical (unpaired) electrons. The number of rotatable bonds is 5. The van der Waals surface area contributed by atoms with Crippen molar-refractivity contribution in [1.29, 1.82) is 0 Å². The molecule has 2 aromatic rings. The summed E-state index contributed by atoms with van der Waals surface area (Å²) in [6.07, 6.45) is 0.0539. The van der Waals surface area contributed by atoms with Crippen LogP contribution >= 0.6 is 11.3 Å². The van der Waals surface area contributed by atoms with Gasteiger partial charge < -0.3 is 9.84 Å². The lowest BCUT2D eigenvalue weighted by atomic mass is 10.1. The number of aliphatic hydroxyl groups excluding tert-OH is 1. The average molecular weight is 249 g/mol. The first-order chi connectivity index (χ1) is 8.29. The molecule has 0 amide bonds. The molecule has 0 spiro atoms. The second-order valence-corrected chi connectivity index (χ2v) is 4.74. The lowest BCUT2D eigenvalue weighted by Crippen LogP contribution is -2.02. The molecule has 3 nitrogen and oxygen atoms in total. The van der Waals surface area contributed by atoms with Crippen molar-refractivity contribution < 1.29 is 9.84 Å². The van der Waals surface area contributed by atoms with Crippen molar-refractivity contribution in [3.8, 4) is 0 Å². The summed E-state index contributed by atoms with van der Waals surface area (Å²) in [6.45, 7) is 0.534. The number of ether oxygens (including phenoxy) is 1. The van der Waals surface area contributed by atoms with Crippen molar-refractivity contribution in [2.45, 2.75) is 19.1 Å². The maximum Gasteiger partial charge on any atom is 0.119 e. The summed E-state index contributed by atoms with van der Waals surface area (Å²) in [6, 6.07) is 9.64. The first kappa shape index (κ1) is 12.2. The van der Waals surface area contributed by atoms with E-state index < -0.39 is 6.10 Å². The number of aliphatic hydroxyl groups is 1. The van der Waals surface area contributed by atoms with Crippen molar-refractivity contribution in [3.63, 3.8) is 0 Å². The Labute approximate surface area is 105 Å². The van der Waals surface area contributed by atoms with Gasteiger partial charge in [-0.25, -0.2) is 4.98 Å². The lowest BCUT2D eigenvalue weighted by Gasteiger charge is -2.08. The monoisotopic (exact) mass is 249 g/mol. The summed E-state index contributed by atoms with van der Waals surface area (Å²) in [5.41, 5.74) is 1.84. The first-order valence-corrected chi connectivity index (χ1v) is 6.33. The zero-order valence-electron chi connectivity index (χ0n) is 9.67. The zero-order valence-corrected chi connectivity index (χ0v) is 10.5. The van der Waals surface area contributed by atoms with Gasteiger partial charge in [0.25, 0.3) is 0 Å². The van der Waals surface area contributed by atoms with Gasteiger partial charge >= 0.3 is 0 Å². The van der Waals surface area contributed by atoms with Gasteiger partial charge in [-0.3, -0.25) is 0 Å². The van der Waals surface area contributed by atoms with Crippen LogP contribution in [0.3, 0.4) is 0 Å². The smallest absolute Gasteiger partial charge is 0.119 e. The quantitative estimate of drug-likeness (QED) is 0.885. The van der Waals surface area contributed by atoms with E-state index in [0.717, 1.165) is 16.3 Å². The predicted octanol–water partition coefficient (Wildman–Crippen LogP) is 2.57. The number of methoxy groups -OCH3 is 1. The van der Waals surface area contributed by atoms with Crippen LogP contribution in [0.5, 0.6) is 0 Å². The number of hydrogen-bond donors (Lipinski definition) is 1. The van der Waals surface area contributed by atoms with E-state index in [1.807, 2.05) is 35.7 Å². The Morgan fingerprint density at radius 3 is 2.82 bits per heavy atom. The summed E-state index contributed by atoms with van der Waals surface area (Å²) >= 11 is 1.56. The summed E-state index contributed by atoms with van der Waals surface area (Å²) in [4.78, 5) is 4.40. The molecule has 2 rings (SSSR count). The normalized spacial score (nSPS) is 12.6. The van der Waals surface area contributed by atoms with Crippen LogP contribution in [-0.2, 0) is 17.8 Å². The Kier molecular flexibility index (Phi) is 4.25. The summed E-state index contributed by atoms with van der Waals surface area (Å²) in [5.74, 6) is 0. The second-order valence-electron chi connectivity index (χ2n) is 3.80. The molecule has 0 fully saturated rings. The molecule has 1 aromatic heterocycles. The van der Waals surface area contributed by atoms with Crippen LogP contribution in [0.1, 0.15) is 22.4 Å². The topological polar surface area (TPSA) is 42.4 Å². The second kappa shape index (κ2) is 5.91. The summed E-state index contributed by atoms with van der Waals surface area (Å²) in [5, 5.41) is 13.0. The lowest BCUT2D eigenvalue weighted by molar-refractivity contribution is 0.175. The van der Waals surface area contributed by atoms with Gasteiger partial charge in [0.2, 0.25) is 0 Å². The first-order valence-electron chi connectivity index (χ1n) is 5.45. The maximum absolute atomic E-state index is 10.0. The third kappa shape index (κ3) is 3.36. The fraction of sp³-hybridized carbons (Fsp3) is 0.308. The summed E-state index contributed by atoms with van der Waals surface area (Å²) < 4.78 is 5.02. The van der Waals surface area contributed by atoms with Crippen molar-refractivity contribution in [3.05, 3.63) is 52.0 Å². The van der Waals surface area contributed by atoms with Crippen molar-refractivity contribution >= 4 is 11.3 Å². The van der Waals surface area contributed by atoms with Gasteiger partial charge in [-0.2, -0.15) is 0 Å². The number of aromatic nitrogens is 1. The highest BCUT2D eigenvalue weighted by molar-refractivity contribution is 7.09. The highest BCUT2D eigenvalue weighted by atomic mass is 32.1. The van der Waals surface area contributed by atoms with E-state index in [1.54, 1.807) is 18.4 Å². The van der Waals surface area contributed by atoms with Gasteiger partial charge in [-0.15, -0.1) is 11.3 Å². The number of benzene rings is 1. The molecule has 0 aliphatic rings. The fourth-order valence-electron chi connectivity index (χ4n) is 1.62. The predicted molar refractivity (Wildman–Crippen MR) is 67.9 cm³/mol. The van der Waals surface area contributed by atoms with Gasteiger partial charge in [0.15, 0.2) is 0 Å². The molecular weight excluding hydrogens is 234 g/mol. The van der Waals surface area contributed by atoms with Crippen LogP contribution in [0, 0.1) is 0 Å². The van der Waals surface area contributed by atoms with Gasteiger partial charge in [0.05, 0.1) is 18.4 Å². The Hall–Kier alpha value is -1.23. The third-order valence-corrected chi connectivity index (χ3v) is 3.33. The Balaban J connectivity index is 2.00. The van der Waals surface area contributed by atoms with Gasteiger partial charge in [-0.05, 0) is 5.56 Å². The van der Waals surface area contributed by atoms with E-state index in [9.17, 15) is 5.11 Å². The Bertz CT molecular complexity index is 455. The minimum Gasteiger partial charge on any atom is -0.388 e. The van der Waals surface area contributed by atoms with E-state index in [2.05, 4.69) is 4.98 Å². The van der Waals surface area contributed by atoms with Crippen LogP contribution in [0.4, 0.5) is 0 Å². The minimum atomic E-state index is -0.492. The highest BCUT2D eigenvalue weighted by Gasteiger charge is 2.10. The van der Waals surface area contributed by atoms with Crippen LogP contribution in [0.2, 0.25) is 0 Å². The standard InChI is InChI=1S/C13H15NO2S/c1-16-8-13-14-11(9-17-13)7-12(15)10-5-3-2-4-6-10/h2-6,9,12,15H,7-8H2,1H3. The molecule has 1 atom stereocenters. The van der Waals surface area contributed by atoms with Crippen molar-refractivity contribution in [2.24, 2.45) is 0 Å². The minimum absolute atomic E-state index is 0.492. The molecule has 0 aliphatic heterocycles. The summed E-state index contributed by atoms with van der Waals surface area (Å²) in [7, 11) is 1.65. The molecule has 0 aliphatic carbocycles. The molecular formula is C13H15NO2S. The Morgan fingerprint density at radius 1 is 1.35 bits per heavy atom. The van der Waals surface area contributed by atoms with Crippen molar-refractivity contribution in [2.75, 3.05) is 7.11 Å². The number of nitrogens with zero attached hydrogens (tertiary/aromatic N) is 1. The SMILES string of the molecule is COCc1nc(CC(O)c2ccccc2)cs1. The molecule has 4 heteroatoms. The van der Waals surface area contributed by atoms with Gasteiger partial charge in [-0.1, -0.05) is 30.3 Å². The Morgan fingerprint density at radius 2 is 2.12 bits per heavy atom. The molecule has 0 saturated carbocycles. The highest BCUT2D eigenvalue weighted by Crippen LogP contribution is 2.19. The molecule has 17 heavy (non-hydrogen) atoms. The van der Waals surface area contributed by atoms with E-state index >= 15 is 0 Å². The van der Waals surface area contributed by atoms with Crippen LogP contribution in [-0.4, -0.2) is 17.2 Å². The third-order valence-electron chi connectivity index (χ3n) is 2.45. The van der Waals surface area contributed by atoms with Crippen LogP contribution < -0.4 is 0 Å². The molecule has 1 heterocycles. The average Bonchev–Trinajstić information content (AvgIpc) is 2.78. The van der Waals surface area contributed by atoms with E-state index in [4.69, 9.17) is 4.74 Å². The largest absolute Gasteiger partial charge is 0.388 e. The van der Waals surface area contributed by atoms with Crippen LogP contribution in [0.25, 0.3) is 0 Å². The van der Waals surface area contributed by atoms with Gasteiger partial charge in [0.1, 0.15) is 5.01 Å². The molecule has 1 N–H and O–H groups in total. The molecule has 1 aromatic carbocycles. The van der Waals surface area contributed by atoms with Gasteiger partial charge in [0, 0.05) is 18.9 Å². The zero-order chi connectivity index (χ0) is 12.1. The van der Waals surface area contributed by atoms with Crippen molar-refractivity contribution in [1.82, 2.24) is 4.98 Å². The van der Waals surface area contributed by atoms with Crippen LogP contribution in [0.15, 0.2) is 35.7 Å². The molecule has 0 saturated heterocycles. The van der Waals surface area contributed by atoms with E-state index in [-0.39, 0.29) is 0 Å². The molecule has 1 unspecified atom stereocenters. The fourth-order valence-corrected chi connectivity index (χ4v) is 2.40.